The quantitative estimate of drug-likeness (QED) is 0.684. The van der Waals surface area contributed by atoms with Crippen molar-refractivity contribution in [3.63, 3.8) is 0 Å². The first-order valence-corrected chi connectivity index (χ1v) is 9.16. The molecule has 7 heteroatoms. The van der Waals surface area contributed by atoms with Crippen LogP contribution in [0.1, 0.15) is 11.5 Å². The number of ether oxygens (including phenoxy) is 1. The van der Waals surface area contributed by atoms with Crippen LogP contribution in [0.4, 0.5) is 0 Å². The van der Waals surface area contributed by atoms with Crippen molar-refractivity contribution >= 4 is 9.84 Å². The van der Waals surface area contributed by atoms with Gasteiger partial charge in [-0.2, -0.15) is 4.98 Å². The van der Waals surface area contributed by atoms with Crippen molar-refractivity contribution in [2.45, 2.75) is 18.1 Å². The Morgan fingerprint density at radius 3 is 2.38 bits per heavy atom. The maximum atomic E-state index is 11.5. The van der Waals surface area contributed by atoms with Gasteiger partial charge in [0, 0.05) is 11.8 Å². The largest absolute Gasteiger partial charge is 0.367 e. The van der Waals surface area contributed by atoms with Gasteiger partial charge in [-0.1, -0.05) is 35.5 Å². The van der Waals surface area contributed by atoms with Crippen LogP contribution in [0.2, 0.25) is 0 Å². The summed E-state index contributed by atoms with van der Waals surface area (Å²) in [5, 5.41) is 3.89. The van der Waals surface area contributed by atoms with Crippen LogP contribution in [0.5, 0.6) is 0 Å². The van der Waals surface area contributed by atoms with Gasteiger partial charge in [-0.3, -0.25) is 0 Å². The number of aromatic nitrogens is 2. The molecule has 124 valence electrons. The summed E-state index contributed by atoms with van der Waals surface area (Å²) in [7, 11) is -3.22. The standard InChI is InChI=1S/C17H16N2O4S/c1-24(20,21)15-9-7-14(8-10-15)17-18-16(23-19-17)12-22-11-13-5-3-2-4-6-13/h2-10H,11-12H2,1H3. The van der Waals surface area contributed by atoms with Crippen molar-refractivity contribution in [2.24, 2.45) is 0 Å². The first-order chi connectivity index (χ1) is 11.5. The van der Waals surface area contributed by atoms with Gasteiger partial charge < -0.3 is 9.26 Å². The maximum Gasteiger partial charge on any atom is 0.252 e. The van der Waals surface area contributed by atoms with Crippen molar-refractivity contribution in [1.29, 1.82) is 0 Å². The Hall–Kier alpha value is -2.51. The highest BCUT2D eigenvalue weighted by Gasteiger charge is 2.11. The first kappa shape index (κ1) is 16.4. The van der Waals surface area contributed by atoms with E-state index in [0.29, 0.717) is 23.9 Å². The molecule has 1 heterocycles. The summed E-state index contributed by atoms with van der Waals surface area (Å²) >= 11 is 0. The SMILES string of the molecule is CS(=O)(=O)c1ccc(-c2noc(COCc3ccccc3)n2)cc1. The monoisotopic (exact) mass is 344 g/mol. The molecule has 0 bridgehead atoms. The lowest BCUT2D eigenvalue weighted by Crippen LogP contribution is -1.96. The second-order valence-electron chi connectivity index (χ2n) is 5.29. The fourth-order valence-corrected chi connectivity index (χ4v) is 2.74. The third-order valence-corrected chi connectivity index (χ3v) is 4.47. The normalized spacial score (nSPS) is 11.5. The Morgan fingerprint density at radius 1 is 1.00 bits per heavy atom. The van der Waals surface area contributed by atoms with Crippen molar-refractivity contribution in [1.82, 2.24) is 10.1 Å². The summed E-state index contributed by atoms with van der Waals surface area (Å²) in [5.41, 5.74) is 1.74. The Labute approximate surface area is 140 Å². The third-order valence-electron chi connectivity index (χ3n) is 3.35. The van der Waals surface area contributed by atoms with Crippen LogP contribution in [0.15, 0.2) is 64.0 Å². The van der Waals surface area contributed by atoms with Gasteiger partial charge in [-0.05, 0) is 29.8 Å². The highest BCUT2D eigenvalue weighted by molar-refractivity contribution is 7.90. The minimum absolute atomic E-state index is 0.212. The summed E-state index contributed by atoms with van der Waals surface area (Å²) in [6, 6.07) is 16.1. The molecule has 0 aliphatic carbocycles. The van der Waals surface area contributed by atoms with Gasteiger partial charge in [-0.15, -0.1) is 0 Å². The van der Waals surface area contributed by atoms with E-state index in [2.05, 4.69) is 10.1 Å². The van der Waals surface area contributed by atoms with Crippen molar-refractivity contribution in [3.05, 3.63) is 66.1 Å². The van der Waals surface area contributed by atoms with E-state index < -0.39 is 9.84 Å². The van der Waals surface area contributed by atoms with Gasteiger partial charge >= 0.3 is 0 Å². The van der Waals surface area contributed by atoms with E-state index in [9.17, 15) is 8.42 Å². The van der Waals surface area contributed by atoms with E-state index in [1.54, 1.807) is 12.1 Å². The molecule has 0 unspecified atom stereocenters. The molecule has 2 aromatic carbocycles. The molecule has 6 nitrogen and oxygen atoms in total. The second-order valence-corrected chi connectivity index (χ2v) is 7.30. The van der Waals surface area contributed by atoms with Gasteiger partial charge in [-0.25, -0.2) is 8.42 Å². The van der Waals surface area contributed by atoms with E-state index in [1.807, 2.05) is 30.3 Å². The minimum Gasteiger partial charge on any atom is -0.367 e. The van der Waals surface area contributed by atoms with Gasteiger partial charge in [0.1, 0.15) is 6.61 Å². The molecule has 0 spiro atoms. The van der Waals surface area contributed by atoms with Crippen LogP contribution in [0.25, 0.3) is 11.4 Å². The molecule has 0 atom stereocenters. The molecule has 0 aliphatic heterocycles. The molecule has 0 N–H and O–H groups in total. The van der Waals surface area contributed by atoms with Gasteiger partial charge in [0.25, 0.3) is 5.89 Å². The highest BCUT2D eigenvalue weighted by atomic mass is 32.2. The Balaban J connectivity index is 1.63. The van der Waals surface area contributed by atoms with E-state index >= 15 is 0 Å². The molecule has 0 saturated carbocycles. The van der Waals surface area contributed by atoms with Gasteiger partial charge in [0.15, 0.2) is 9.84 Å². The molecule has 0 fully saturated rings. The number of hydrogen-bond acceptors (Lipinski definition) is 6. The van der Waals surface area contributed by atoms with Crippen LogP contribution < -0.4 is 0 Å². The summed E-state index contributed by atoms with van der Waals surface area (Å²) in [6.45, 7) is 0.672. The van der Waals surface area contributed by atoms with Gasteiger partial charge in [0.05, 0.1) is 11.5 Å². The van der Waals surface area contributed by atoms with Crippen LogP contribution in [0.3, 0.4) is 0 Å². The molecule has 0 aliphatic rings. The van der Waals surface area contributed by atoms with E-state index in [0.717, 1.165) is 5.56 Å². The maximum absolute atomic E-state index is 11.5. The zero-order valence-electron chi connectivity index (χ0n) is 13.0. The average molecular weight is 344 g/mol. The molecule has 0 radical (unpaired) electrons. The lowest BCUT2D eigenvalue weighted by Gasteiger charge is -2.00. The third kappa shape index (κ3) is 4.06. The Bertz CT molecular complexity index is 903. The van der Waals surface area contributed by atoms with Crippen molar-refractivity contribution in [2.75, 3.05) is 6.26 Å². The number of hydrogen-bond donors (Lipinski definition) is 0. The van der Waals surface area contributed by atoms with Crippen molar-refractivity contribution < 1.29 is 17.7 Å². The molecule has 1 aromatic heterocycles. The zero-order chi connectivity index (χ0) is 17.0. The predicted molar refractivity (Wildman–Crippen MR) is 87.8 cm³/mol. The van der Waals surface area contributed by atoms with Crippen LogP contribution in [-0.2, 0) is 27.8 Å². The molecule has 3 rings (SSSR count). The predicted octanol–water partition coefficient (Wildman–Crippen LogP) is 2.86. The Kier molecular flexibility index (Phi) is 4.73. The average Bonchev–Trinajstić information content (AvgIpc) is 3.04. The fourth-order valence-electron chi connectivity index (χ4n) is 2.11. The van der Waals surface area contributed by atoms with Crippen LogP contribution in [0, 0.1) is 0 Å². The van der Waals surface area contributed by atoms with Crippen LogP contribution >= 0.6 is 0 Å². The topological polar surface area (TPSA) is 82.3 Å². The lowest BCUT2D eigenvalue weighted by molar-refractivity contribution is 0.0850. The number of benzene rings is 2. The van der Waals surface area contributed by atoms with E-state index in [4.69, 9.17) is 9.26 Å². The van der Waals surface area contributed by atoms with E-state index in [-0.39, 0.29) is 11.5 Å². The smallest absolute Gasteiger partial charge is 0.252 e. The minimum atomic E-state index is -3.22. The number of rotatable bonds is 6. The number of nitrogens with zero attached hydrogens (tertiary/aromatic N) is 2. The zero-order valence-corrected chi connectivity index (χ0v) is 13.9. The molecule has 3 aromatic rings. The fraction of sp³-hybridized carbons (Fsp3) is 0.176. The Morgan fingerprint density at radius 2 is 1.71 bits per heavy atom. The highest BCUT2D eigenvalue weighted by Crippen LogP contribution is 2.19. The van der Waals surface area contributed by atoms with Gasteiger partial charge in [0.2, 0.25) is 5.82 Å². The van der Waals surface area contributed by atoms with E-state index in [1.165, 1.54) is 18.4 Å². The molecule has 0 saturated heterocycles. The summed E-state index contributed by atoms with van der Waals surface area (Å²) in [5.74, 6) is 0.765. The van der Waals surface area contributed by atoms with Crippen LogP contribution in [-0.4, -0.2) is 24.8 Å². The second kappa shape index (κ2) is 6.94. The summed E-state index contributed by atoms with van der Waals surface area (Å²) in [4.78, 5) is 4.50. The first-order valence-electron chi connectivity index (χ1n) is 7.27. The molecule has 0 amide bonds. The molecule has 24 heavy (non-hydrogen) atoms. The van der Waals surface area contributed by atoms with Crippen molar-refractivity contribution in [3.8, 4) is 11.4 Å². The lowest BCUT2D eigenvalue weighted by atomic mass is 10.2. The molecular formula is C17H16N2O4S. The summed E-state index contributed by atoms with van der Waals surface area (Å²) < 4.78 is 33.6. The number of sulfone groups is 1. The summed E-state index contributed by atoms with van der Waals surface area (Å²) in [6.07, 6.45) is 1.17. The molecular weight excluding hydrogens is 328 g/mol.